The van der Waals surface area contributed by atoms with Gasteiger partial charge in [0.2, 0.25) is 0 Å². The van der Waals surface area contributed by atoms with Crippen molar-refractivity contribution in [1.29, 1.82) is 0 Å². The van der Waals surface area contributed by atoms with Gasteiger partial charge in [-0.25, -0.2) is 0 Å². The molecule has 0 aliphatic carbocycles. The Hall–Kier alpha value is -3.57. The van der Waals surface area contributed by atoms with Crippen molar-refractivity contribution in [2.24, 2.45) is 0 Å². The molecule has 2 heterocycles. The molecular weight excluding hydrogens is 400 g/mol. The summed E-state index contributed by atoms with van der Waals surface area (Å²) >= 11 is 0. The number of hydrogen-bond acceptors (Lipinski definition) is 4. The van der Waals surface area contributed by atoms with E-state index in [1.165, 1.54) is 6.42 Å². The molecule has 1 aromatic heterocycles. The third kappa shape index (κ3) is 3.99. The van der Waals surface area contributed by atoms with Crippen LogP contribution in [0, 0.1) is 0 Å². The van der Waals surface area contributed by atoms with Crippen LogP contribution in [0.1, 0.15) is 35.2 Å². The molecule has 0 unspecified atom stereocenters. The highest BCUT2D eigenvalue weighted by Gasteiger charge is 2.27. The summed E-state index contributed by atoms with van der Waals surface area (Å²) in [6.07, 6.45) is 3.54. The molecule has 1 amide bonds. The second-order valence-electron chi connectivity index (χ2n) is 8.27. The predicted octanol–water partition coefficient (Wildman–Crippen LogP) is 6.04. The molecule has 1 saturated heterocycles. The second kappa shape index (κ2) is 8.89. The molecule has 0 atom stereocenters. The van der Waals surface area contributed by atoms with Gasteiger partial charge in [-0.2, -0.15) is 0 Å². The number of nitrogens with zero attached hydrogens (tertiary/aromatic N) is 1. The second-order valence-corrected chi connectivity index (χ2v) is 8.27. The number of nitrogens with one attached hydrogen (secondary N) is 1. The Balaban J connectivity index is 1.66. The molecule has 4 aromatic rings. The van der Waals surface area contributed by atoms with Gasteiger partial charge in [0.15, 0.2) is 0 Å². The first-order chi connectivity index (χ1) is 15.7. The Bertz CT molecular complexity index is 1230. The van der Waals surface area contributed by atoms with Crippen molar-refractivity contribution < 1.29 is 14.3 Å². The van der Waals surface area contributed by atoms with Gasteiger partial charge in [-0.15, -0.1) is 0 Å². The first kappa shape index (κ1) is 20.3. The standard InChI is InChI=1S/C27H26N2O3/c30-22-14-15-23-24(21(22)18-29-16-8-3-9-17-29)25(26(32-23)19-10-4-1-5-11-19)27(31)28-20-12-6-2-7-13-20/h1-2,4-7,10-15,30H,3,8-9,16-18H2,(H,28,31). The quantitative estimate of drug-likeness (QED) is 0.408. The summed E-state index contributed by atoms with van der Waals surface area (Å²) in [6.45, 7) is 2.57. The maximum absolute atomic E-state index is 13.6. The normalized spacial score (nSPS) is 14.5. The van der Waals surface area contributed by atoms with Gasteiger partial charge >= 0.3 is 0 Å². The molecule has 5 rings (SSSR count). The zero-order valence-corrected chi connectivity index (χ0v) is 17.9. The van der Waals surface area contributed by atoms with E-state index in [9.17, 15) is 9.90 Å². The molecule has 162 valence electrons. The number of likely N-dealkylation sites (tertiary alicyclic amines) is 1. The van der Waals surface area contributed by atoms with Gasteiger partial charge in [-0.3, -0.25) is 9.69 Å². The summed E-state index contributed by atoms with van der Waals surface area (Å²) < 4.78 is 6.24. The minimum absolute atomic E-state index is 0.192. The lowest BCUT2D eigenvalue weighted by Gasteiger charge is -2.27. The Labute approximate surface area is 187 Å². The van der Waals surface area contributed by atoms with Crippen molar-refractivity contribution in [2.75, 3.05) is 18.4 Å². The van der Waals surface area contributed by atoms with Gasteiger partial charge < -0.3 is 14.8 Å². The van der Waals surface area contributed by atoms with Crippen LogP contribution in [0.4, 0.5) is 5.69 Å². The van der Waals surface area contributed by atoms with Crippen molar-refractivity contribution in [2.45, 2.75) is 25.8 Å². The molecule has 1 aliphatic rings. The zero-order chi connectivity index (χ0) is 21.9. The van der Waals surface area contributed by atoms with Gasteiger partial charge in [-0.05, 0) is 50.2 Å². The number of para-hydroxylation sites is 1. The van der Waals surface area contributed by atoms with E-state index in [2.05, 4.69) is 10.2 Å². The Morgan fingerprint density at radius 3 is 2.31 bits per heavy atom. The fourth-order valence-corrected chi connectivity index (χ4v) is 4.47. The number of anilines is 1. The fourth-order valence-electron chi connectivity index (χ4n) is 4.47. The van der Waals surface area contributed by atoms with Crippen LogP contribution in [-0.4, -0.2) is 29.0 Å². The molecule has 0 radical (unpaired) electrons. The number of furan rings is 1. The largest absolute Gasteiger partial charge is 0.508 e. The monoisotopic (exact) mass is 426 g/mol. The SMILES string of the molecule is O=C(Nc1ccccc1)c1c(-c2ccccc2)oc2ccc(O)c(CN3CCCCC3)c12. The first-order valence-corrected chi connectivity index (χ1v) is 11.1. The van der Waals surface area contributed by atoms with Crippen LogP contribution in [0.3, 0.4) is 0 Å². The Morgan fingerprint density at radius 1 is 0.906 bits per heavy atom. The van der Waals surface area contributed by atoms with Gasteiger partial charge in [0.05, 0.1) is 5.56 Å². The molecule has 2 N–H and O–H groups in total. The number of carbonyl (C=O) groups excluding carboxylic acids is 1. The highest BCUT2D eigenvalue weighted by molar-refractivity contribution is 6.17. The van der Waals surface area contributed by atoms with Crippen molar-refractivity contribution in [1.82, 2.24) is 4.90 Å². The van der Waals surface area contributed by atoms with Crippen molar-refractivity contribution >= 4 is 22.6 Å². The van der Waals surface area contributed by atoms with Crippen molar-refractivity contribution in [3.63, 3.8) is 0 Å². The average Bonchev–Trinajstić information content (AvgIpc) is 3.23. The molecule has 5 nitrogen and oxygen atoms in total. The van der Waals surface area contributed by atoms with E-state index >= 15 is 0 Å². The van der Waals surface area contributed by atoms with Crippen LogP contribution in [0.2, 0.25) is 0 Å². The summed E-state index contributed by atoms with van der Waals surface area (Å²) in [5, 5.41) is 14.5. The third-order valence-corrected chi connectivity index (χ3v) is 6.06. The van der Waals surface area contributed by atoms with Gasteiger partial charge in [0.1, 0.15) is 17.1 Å². The molecule has 32 heavy (non-hydrogen) atoms. The number of phenols is 1. The summed E-state index contributed by atoms with van der Waals surface area (Å²) in [7, 11) is 0. The van der Waals surface area contributed by atoms with E-state index in [1.54, 1.807) is 12.1 Å². The molecule has 5 heteroatoms. The van der Waals surface area contributed by atoms with E-state index < -0.39 is 0 Å². The Kier molecular flexibility index (Phi) is 5.65. The lowest BCUT2D eigenvalue weighted by molar-refractivity contribution is 0.102. The van der Waals surface area contributed by atoms with Gasteiger partial charge in [-0.1, -0.05) is 55.0 Å². The highest BCUT2D eigenvalue weighted by atomic mass is 16.3. The molecule has 0 bridgehead atoms. The van der Waals surface area contributed by atoms with E-state index in [-0.39, 0.29) is 11.7 Å². The van der Waals surface area contributed by atoms with E-state index in [0.29, 0.717) is 34.5 Å². The van der Waals surface area contributed by atoms with Crippen LogP contribution in [0.5, 0.6) is 5.75 Å². The minimum Gasteiger partial charge on any atom is -0.508 e. The summed E-state index contributed by atoms with van der Waals surface area (Å²) in [4.78, 5) is 15.9. The number of benzene rings is 3. The average molecular weight is 427 g/mol. The number of fused-ring (bicyclic) bond motifs is 1. The highest BCUT2D eigenvalue weighted by Crippen LogP contribution is 2.39. The van der Waals surface area contributed by atoms with Crippen LogP contribution in [0.25, 0.3) is 22.3 Å². The van der Waals surface area contributed by atoms with E-state index in [0.717, 1.165) is 37.1 Å². The molecule has 0 saturated carbocycles. The van der Waals surface area contributed by atoms with Gasteiger partial charge in [0, 0.05) is 28.7 Å². The van der Waals surface area contributed by atoms with Crippen molar-refractivity contribution in [3.8, 4) is 17.1 Å². The fraction of sp³-hybridized carbons (Fsp3) is 0.222. The minimum atomic E-state index is -0.251. The Morgan fingerprint density at radius 2 is 1.59 bits per heavy atom. The van der Waals surface area contributed by atoms with Crippen LogP contribution < -0.4 is 5.32 Å². The lowest BCUT2D eigenvalue weighted by Crippen LogP contribution is -2.29. The number of amides is 1. The van der Waals surface area contributed by atoms with E-state index in [1.807, 2.05) is 60.7 Å². The summed E-state index contributed by atoms with van der Waals surface area (Å²) in [5.74, 6) is 0.455. The molecule has 3 aromatic carbocycles. The van der Waals surface area contributed by atoms with E-state index in [4.69, 9.17) is 4.42 Å². The number of hydrogen-bond donors (Lipinski definition) is 2. The number of carbonyl (C=O) groups is 1. The van der Waals surface area contributed by atoms with Gasteiger partial charge in [0.25, 0.3) is 5.91 Å². The number of rotatable bonds is 5. The predicted molar refractivity (Wildman–Crippen MR) is 127 cm³/mol. The topological polar surface area (TPSA) is 65.7 Å². The first-order valence-electron chi connectivity index (χ1n) is 11.1. The molecule has 1 aliphatic heterocycles. The van der Waals surface area contributed by atoms with Crippen molar-refractivity contribution in [3.05, 3.63) is 83.9 Å². The summed E-state index contributed by atoms with van der Waals surface area (Å²) in [6, 6.07) is 22.4. The number of aromatic hydroxyl groups is 1. The number of phenolic OH excluding ortho intramolecular Hbond substituents is 1. The maximum atomic E-state index is 13.6. The number of piperidine rings is 1. The molecule has 1 fully saturated rings. The van der Waals surface area contributed by atoms with Crippen LogP contribution in [0.15, 0.2) is 77.2 Å². The molecular formula is C27H26N2O3. The third-order valence-electron chi connectivity index (χ3n) is 6.06. The molecule has 0 spiro atoms. The smallest absolute Gasteiger partial charge is 0.260 e. The lowest BCUT2D eigenvalue weighted by atomic mass is 9.99. The zero-order valence-electron chi connectivity index (χ0n) is 17.9. The van der Waals surface area contributed by atoms with Crippen LogP contribution in [-0.2, 0) is 6.54 Å². The maximum Gasteiger partial charge on any atom is 0.260 e. The van der Waals surface area contributed by atoms with Crippen LogP contribution >= 0.6 is 0 Å². The summed E-state index contributed by atoms with van der Waals surface area (Å²) in [5.41, 5.74) is 3.34.